The van der Waals surface area contributed by atoms with E-state index in [-0.39, 0.29) is 15.9 Å². The molecule has 1 aliphatic carbocycles. The monoisotopic (exact) mass is 401 g/mol. The number of rotatable bonds is 5. The third-order valence-electron chi connectivity index (χ3n) is 5.65. The topological polar surface area (TPSA) is 65.4 Å². The molecule has 0 spiro atoms. The number of hydrogen-bond acceptors (Lipinski definition) is 4. The highest BCUT2D eigenvalue weighted by Crippen LogP contribution is 2.41. The molecule has 1 aromatic carbocycles. The van der Waals surface area contributed by atoms with Gasteiger partial charge in [0.25, 0.3) is 5.56 Å². The van der Waals surface area contributed by atoms with Crippen molar-refractivity contribution >= 4 is 9.84 Å². The van der Waals surface area contributed by atoms with Gasteiger partial charge in [-0.1, -0.05) is 13.8 Å². The molecule has 0 unspecified atom stereocenters. The highest BCUT2D eigenvalue weighted by atomic mass is 32.2. The lowest BCUT2D eigenvalue weighted by atomic mass is 9.89. The van der Waals surface area contributed by atoms with Crippen LogP contribution in [0.25, 0.3) is 11.1 Å². The minimum atomic E-state index is -3.35. The lowest BCUT2D eigenvalue weighted by Crippen LogP contribution is -2.24. The van der Waals surface area contributed by atoms with E-state index in [1.807, 2.05) is 17.6 Å². The van der Waals surface area contributed by atoms with Gasteiger partial charge in [0, 0.05) is 35.2 Å². The minimum absolute atomic E-state index is 0.0157. The van der Waals surface area contributed by atoms with E-state index < -0.39 is 9.84 Å². The fourth-order valence-corrected chi connectivity index (χ4v) is 4.59. The van der Waals surface area contributed by atoms with Crippen LogP contribution in [0.3, 0.4) is 0 Å². The van der Waals surface area contributed by atoms with E-state index in [0.29, 0.717) is 30.4 Å². The number of ether oxygens (including phenoxy) is 1. The summed E-state index contributed by atoms with van der Waals surface area (Å²) in [5.41, 5.74) is 3.30. The molecule has 1 fully saturated rings. The van der Waals surface area contributed by atoms with E-state index in [2.05, 4.69) is 13.8 Å². The molecule has 1 aromatic heterocycles. The Hall–Kier alpha value is -2.08. The fraction of sp³-hybridized carbons (Fsp3) is 0.500. The summed E-state index contributed by atoms with van der Waals surface area (Å²) in [6.07, 6.45) is 4.34. The fourth-order valence-electron chi connectivity index (χ4n) is 3.94. The average molecular weight is 402 g/mol. The zero-order chi connectivity index (χ0) is 20.3. The van der Waals surface area contributed by atoms with Crippen LogP contribution < -0.4 is 10.3 Å². The summed E-state index contributed by atoms with van der Waals surface area (Å²) in [4.78, 5) is 13.0. The third kappa shape index (κ3) is 3.62. The standard InChI is InChI=1S/C22H27NO4S/c1-14-9-17(19-11-22(2,3)13-23(19)21(14)24)18-10-16(28(4,25)26)7-8-20(18)27-12-15-5-6-15/h7-10,15H,5-6,11-13H2,1-4H3. The number of nitrogens with zero attached hydrogens (tertiary/aromatic N) is 1. The van der Waals surface area contributed by atoms with Crippen LogP contribution in [-0.4, -0.2) is 25.8 Å². The number of benzene rings is 1. The van der Waals surface area contributed by atoms with Crippen molar-refractivity contribution in [3.8, 4) is 16.9 Å². The maximum atomic E-state index is 12.7. The zero-order valence-electron chi connectivity index (χ0n) is 16.9. The first-order chi connectivity index (χ1) is 13.0. The van der Waals surface area contributed by atoms with Crippen molar-refractivity contribution in [1.82, 2.24) is 4.57 Å². The normalized spacial score (nSPS) is 18.1. The van der Waals surface area contributed by atoms with Crippen LogP contribution in [0.1, 0.15) is 37.9 Å². The number of hydrogen-bond donors (Lipinski definition) is 0. The summed E-state index contributed by atoms with van der Waals surface area (Å²) < 4.78 is 32.3. The van der Waals surface area contributed by atoms with Gasteiger partial charge < -0.3 is 9.30 Å². The number of aryl methyl sites for hydroxylation is 1. The molecule has 0 saturated heterocycles. The molecule has 1 saturated carbocycles. The van der Waals surface area contributed by atoms with Gasteiger partial charge in [0.15, 0.2) is 9.84 Å². The van der Waals surface area contributed by atoms with Gasteiger partial charge in [-0.25, -0.2) is 8.42 Å². The Kier molecular flexibility index (Phi) is 4.45. The number of pyridine rings is 1. The van der Waals surface area contributed by atoms with Gasteiger partial charge >= 0.3 is 0 Å². The van der Waals surface area contributed by atoms with E-state index in [0.717, 1.165) is 23.2 Å². The Balaban J connectivity index is 1.91. The molecular weight excluding hydrogens is 374 g/mol. The van der Waals surface area contributed by atoms with E-state index in [9.17, 15) is 13.2 Å². The van der Waals surface area contributed by atoms with Crippen molar-refractivity contribution < 1.29 is 13.2 Å². The predicted molar refractivity (Wildman–Crippen MR) is 110 cm³/mol. The number of sulfone groups is 1. The van der Waals surface area contributed by atoms with E-state index in [4.69, 9.17) is 4.74 Å². The molecule has 2 aromatic rings. The highest BCUT2D eigenvalue weighted by Gasteiger charge is 2.33. The average Bonchev–Trinajstić information content (AvgIpc) is 3.37. The van der Waals surface area contributed by atoms with Crippen molar-refractivity contribution in [3.05, 3.63) is 45.9 Å². The van der Waals surface area contributed by atoms with E-state index >= 15 is 0 Å². The highest BCUT2D eigenvalue weighted by molar-refractivity contribution is 7.90. The molecule has 4 rings (SSSR count). The van der Waals surface area contributed by atoms with Gasteiger partial charge in [-0.3, -0.25) is 4.79 Å². The van der Waals surface area contributed by atoms with Crippen molar-refractivity contribution in [1.29, 1.82) is 0 Å². The van der Waals surface area contributed by atoms with Gasteiger partial charge in [0.1, 0.15) is 5.75 Å². The quantitative estimate of drug-likeness (QED) is 0.768. The van der Waals surface area contributed by atoms with Crippen LogP contribution in [-0.2, 0) is 22.8 Å². The second-order valence-corrected chi connectivity index (χ2v) is 11.1. The largest absolute Gasteiger partial charge is 0.493 e. The summed E-state index contributed by atoms with van der Waals surface area (Å²) in [5.74, 6) is 1.28. The maximum absolute atomic E-state index is 12.7. The van der Waals surface area contributed by atoms with Crippen LogP contribution in [0.15, 0.2) is 34.0 Å². The van der Waals surface area contributed by atoms with Gasteiger partial charge in [0.2, 0.25) is 0 Å². The van der Waals surface area contributed by atoms with Crippen LogP contribution in [0.2, 0.25) is 0 Å². The SMILES string of the molecule is Cc1cc(-c2cc(S(C)(=O)=O)ccc2OCC2CC2)c2n(c1=O)CC(C)(C)C2. The molecule has 28 heavy (non-hydrogen) atoms. The van der Waals surface area contributed by atoms with Crippen LogP contribution >= 0.6 is 0 Å². The second kappa shape index (κ2) is 6.48. The van der Waals surface area contributed by atoms with Gasteiger partial charge in [-0.2, -0.15) is 0 Å². The van der Waals surface area contributed by atoms with Crippen LogP contribution in [0.4, 0.5) is 0 Å². The van der Waals surface area contributed by atoms with Crippen molar-refractivity contribution in [2.75, 3.05) is 12.9 Å². The lowest BCUT2D eigenvalue weighted by Gasteiger charge is -2.17. The lowest BCUT2D eigenvalue weighted by molar-refractivity contribution is 0.301. The third-order valence-corrected chi connectivity index (χ3v) is 6.76. The first-order valence-corrected chi connectivity index (χ1v) is 11.6. The first-order valence-electron chi connectivity index (χ1n) is 9.76. The summed E-state index contributed by atoms with van der Waals surface area (Å²) >= 11 is 0. The molecule has 0 N–H and O–H groups in total. The Morgan fingerprint density at radius 3 is 2.54 bits per heavy atom. The molecule has 0 radical (unpaired) electrons. The smallest absolute Gasteiger partial charge is 0.253 e. The Morgan fingerprint density at radius 2 is 1.89 bits per heavy atom. The van der Waals surface area contributed by atoms with Crippen molar-refractivity contribution in [2.24, 2.45) is 11.3 Å². The summed E-state index contributed by atoms with van der Waals surface area (Å²) in [5, 5.41) is 0. The summed E-state index contributed by atoms with van der Waals surface area (Å²) in [7, 11) is -3.35. The molecule has 5 nitrogen and oxygen atoms in total. The van der Waals surface area contributed by atoms with Gasteiger partial charge in [0.05, 0.1) is 11.5 Å². The Labute approximate surface area is 166 Å². The van der Waals surface area contributed by atoms with E-state index in [1.165, 1.54) is 19.1 Å². The van der Waals surface area contributed by atoms with Gasteiger partial charge in [-0.15, -0.1) is 0 Å². The van der Waals surface area contributed by atoms with Crippen LogP contribution in [0, 0.1) is 18.3 Å². The number of fused-ring (bicyclic) bond motifs is 1. The zero-order valence-corrected chi connectivity index (χ0v) is 17.7. The molecule has 150 valence electrons. The van der Waals surface area contributed by atoms with Crippen LogP contribution in [0.5, 0.6) is 5.75 Å². The molecule has 2 aliphatic rings. The van der Waals surface area contributed by atoms with E-state index in [1.54, 1.807) is 18.2 Å². The second-order valence-electron chi connectivity index (χ2n) is 9.10. The molecular formula is C22H27NO4S. The van der Waals surface area contributed by atoms with Crippen molar-refractivity contribution in [2.45, 2.75) is 51.5 Å². The Morgan fingerprint density at radius 1 is 1.18 bits per heavy atom. The Bertz CT molecular complexity index is 1110. The maximum Gasteiger partial charge on any atom is 0.253 e. The molecule has 0 amide bonds. The number of aromatic nitrogens is 1. The first kappa shape index (κ1) is 19.2. The molecule has 0 bridgehead atoms. The molecule has 1 aliphatic heterocycles. The van der Waals surface area contributed by atoms with Gasteiger partial charge in [-0.05, 0) is 61.8 Å². The summed E-state index contributed by atoms with van der Waals surface area (Å²) in [6.45, 7) is 7.42. The molecule has 0 atom stereocenters. The molecule has 6 heteroatoms. The minimum Gasteiger partial charge on any atom is -0.493 e. The predicted octanol–water partition coefficient (Wildman–Crippen LogP) is 3.60. The summed E-state index contributed by atoms with van der Waals surface area (Å²) in [6, 6.07) is 6.95. The molecule has 2 heterocycles. The van der Waals surface area contributed by atoms with Crippen molar-refractivity contribution in [3.63, 3.8) is 0 Å².